The summed E-state index contributed by atoms with van der Waals surface area (Å²) in [6, 6.07) is 15.3. The van der Waals surface area contributed by atoms with Crippen LogP contribution in [-0.4, -0.2) is 13.7 Å². The molecule has 164 valence electrons. The molecule has 1 atom stereocenters. The van der Waals surface area contributed by atoms with Gasteiger partial charge < -0.3 is 5.32 Å². The third kappa shape index (κ3) is 3.62. The van der Waals surface area contributed by atoms with Gasteiger partial charge >= 0.3 is 6.18 Å². The molecule has 1 aliphatic carbocycles. The van der Waals surface area contributed by atoms with Gasteiger partial charge in [0.05, 0.1) is 16.0 Å². The molecule has 2 aromatic carbocycles. The molecule has 32 heavy (non-hydrogen) atoms. The van der Waals surface area contributed by atoms with Crippen molar-refractivity contribution in [2.45, 2.75) is 29.3 Å². The molecule has 0 bridgehead atoms. The molecule has 1 fully saturated rings. The SMILES string of the molecule is CC1(c2ccc(Nc3nsc4cc(-c5ncccc5C(F)(F)F)ccc34)cc2)CC1(Cl)Cl. The lowest BCUT2D eigenvalue weighted by Crippen LogP contribution is -2.09. The molecule has 2 heterocycles. The van der Waals surface area contributed by atoms with Crippen LogP contribution in [0.3, 0.4) is 0 Å². The standard InChI is InChI=1S/C23H16Cl2F3N3S/c1-21(12-22(21,24)25)14-5-7-15(8-6-14)30-20-16-9-4-13(11-18(16)32-31-20)19-17(23(26,27)28)3-2-10-29-19/h2-11H,12H2,1H3,(H,30,31). The third-order valence-electron chi connectivity index (χ3n) is 5.90. The second-order valence-corrected chi connectivity index (χ2v) is 10.3. The molecule has 3 nitrogen and oxygen atoms in total. The van der Waals surface area contributed by atoms with E-state index in [-0.39, 0.29) is 11.1 Å². The van der Waals surface area contributed by atoms with E-state index in [9.17, 15) is 13.2 Å². The van der Waals surface area contributed by atoms with E-state index in [0.29, 0.717) is 17.8 Å². The summed E-state index contributed by atoms with van der Waals surface area (Å²) in [7, 11) is 0. The van der Waals surface area contributed by atoms with Crippen molar-refractivity contribution >= 4 is 56.3 Å². The molecule has 0 radical (unpaired) electrons. The number of pyridine rings is 1. The van der Waals surface area contributed by atoms with Gasteiger partial charge in [0.2, 0.25) is 0 Å². The normalized spacial score (nSPS) is 19.8. The zero-order valence-electron chi connectivity index (χ0n) is 16.7. The van der Waals surface area contributed by atoms with Crippen molar-refractivity contribution in [1.29, 1.82) is 0 Å². The van der Waals surface area contributed by atoms with Gasteiger partial charge in [-0.3, -0.25) is 4.98 Å². The van der Waals surface area contributed by atoms with Gasteiger partial charge in [-0.15, -0.1) is 23.2 Å². The summed E-state index contributed by atoms with van der Waals surface area (Å²) in [5.41, 5.74) is 1.20. The topological polar surface area (TPSA) is 37.8 Å². The van der Waals surface area contributed by atoms with Gasteiger partial charge in [-0.2, -0.15) is 17.5 Å². The van der Waals surface area contributed by atoms with Crippen LogP contribution in [0.25, 0.3) is 21.3 Å². The minimum atomic E-state index is -4.48. The van der Waals surface area contributed by atoms with Crippen molar-refractivity contribution < 1.29 is 13.2 Å². The Kier molecular flexibility index (Phi) is 4.93. The van der Waals surface area contributed by atoms with E-state index in [1.807, 2.05) is 31.2 Å². The van der Waals surface area contributed by atoms with E-state index in [4.69, 9.17) is 23.2 Å². The molecule has 1 saturated carbocycles. The molecule has 9 heteroatoms. The first-order valence-electron chi connectivity index (χ1n) is 9.76. The van der Waals surface area contributed by atoms with Crippen molar-refractivity contribution in [2.75, 3.05) is 5.32 Å². The minimum Gasteiger partial charge on any atom is -0.339 e. The molecule has 5 rings (SSSR count). The van der Waals surface area contributed by atoms with Crippen molar-refractivity contribution in [3.8, 4) is 11.3 Å². The molecule has 0 spiro atoms. The summed E-state index contributed by atoms with van der Waals surface area (Å²) in [5.74, 6) is 0.642. The van der Waals surface area contributed by atoms with Gasteiger partial charge in [0, 0.05) is 28.2 Å². The van der Waals surface area contributed by atoms with E-state index in [1.165, 1.54) is 23.8 Å². The lowest BCUT2D eigenvalue weighted by atomic mass is 9.98. The molecule has 0 amide bonds. The fourth-order valence-corrected chi connectivity index (χ4v) is 5.34. The summed E-state index contributed by atoms with van der Waals surface area (Å²) in [4.78, 5) is 3.97. The second kappa shape index (κ2) is 7.33. The Morgan fingerprint density at radius 2 is 1.78 bits per heavy atom. The van der Waals surface area contributed by atoms with Crippen LogP contribution in [0.15, 0.2) is 60.8 Å². The molecule has 1 aliphatic rings. The van der Waals surface area contributed by atoms with Crippen LogP contribution in [0.5, 0.6) is 0 Å². The van der Waals surface area contributed by atoms with Crippen LogP contribution >= 0.6 is 34.7 Å². The molecule has 1 N–H and O–H groups in total. The van der Waals surface area contributed by atoms with Crippen molar-refractivity contribution in [1.82, 2.24) is 9.36 Å². The van der Waals surface area contributed by atoms with Crippen LogP contribution in [0, 0.1) is 0 Å². The van der Waals surface area contributed by atoms with Gasteiger partial charge in [-0.25, -0.2) is 0 Å². The maximum Gasteiger partial charge on any atom is 0.418 e. The smallest absolute Gasteiger partial charge is 0.339 e. The van der Waals surface area contributed by atoms with Crippen LogP contribution in [0.4, 0.5) is 24.7 Å². The number of alkyl halides is 5. The number of hydrogen-bond acceptors (Lipinski definition) is 4. The van der Waals surface area contributed by atoms with Crippen LogP contribution in [-0.2, 0) is 11.6 Å². The first-order chi connectivity index (χ1) is 15.1. The van der Waals surface area contributed by atoms with Gasteiger partial charge in [0.15, 0.2) is 5.82 Å². The first-order valence-corrected chi connectivity index (χ1v) is 11.3. The van der Waals surface area contributed by atoms with Gasteiger partial charge in [0.1, 0.15) is 4.33 Å². The maximum atomic E-state index is 13.4. The van der Waals surface area contributed by atoms with Crippen molar-refractivity contribution in [2.24, 2.45) is 0 Å². The molecule has 0 aliphatic heterocycles. The summed E-state index contributed by atoms with van der Waals surface area (Å²) in [6.45, 7) is 2.03. The predicted octanol–water partition coefficient (Wildman–Crippen LogP) is 7.96. The highest BCUT2D eigenvalue weighted by atomic mass is 35.5. The summed E-state index contributed by atoms with van der Waals surface area (Å²) >= 11 is 13.8. The Bertz CT molecular complexity index is 1320. The fourth-order valence-electron chi connectivity index (χ4n) is 3.81. The van der Waals surface area contributed by atoms with E-state index in [0.717, 1.165) is 27.4 Å². The van der Waals surface area contributed by atoms with Gasteiger partial charge in [-0.1, -0.05) is 25.1 Å². The number of rotatable bonds is 4. The third-order valence-corrected chi connectivity index (χ3v) is 7.81. The Morgan fingerprint density at radius 1 is 1.06 bits per heavy atom. The van der Waals surface area contributed by atoms with Gasteiger partial charge in [-0.05, 0) is 59.9 Å². The molecular weight excluding hydrogens is 478 g/mol. The fraction of sp³-hybridized carbons (Fsp3) is 0.217. The number of hydrogen-bond donors (Lipinski definition) is 1. The number of nitrogens with zero attached hydrogens (tertiary/aromatic N) is 2. The summed E-state index contributed by atoms with van der Waals surface area (Å²) < 4.78 is 44.6. The molecular formula is C23H16Cl2F3N3S. The zero-order chi connectivity index (χ0) is 22.7. The average molecular weight is 494 g/mol. The van der Waals surface area contributed by atoms with E-state index >= 15 is 0 Å². The van der Waals surface area contributed by atoms with E-state index < -0.39 is 16.1 Å². The van der Waals surface area contributed by atoms with Crippen LogP contribution < -0.4 is 5.32 Å². The van der Waals surface area contributed by atoms with Crippen molar-refractivity contribution in [3.05, 3.63) is 71.9 Å². The lowest BCUT2D eigenvalue weighted by Gasteiger charge is -2.13. The number of halogens is 5. The largest absolute Gasteiger partial charge is 0.418 e. The van der Waals surface area contributed by atoms with Crippen LogP contribution in [0.1, 0.15) is 24.5 Å². The quantitative estimate of drug-likeness (QED) is 0.293. The second-order valence-electron chi connectivity index (χ2n) is 8.06. The predicted molar refractivity (Wildman–Crippen MR) is 124 cm³/mol. The lowest BCUT2D eigenvalue weighted by molar-refractivity contribution is -0.137. The first kappa shape index (κ1) is 21.5. The maximum absolute atomic E-state index is 13.4. The van der Waals surface area contributed by atoms with E-state index in [2.05, 4.69) is 14.7 Å². The molecule has 2 aromatic heterocycles. The highest BCUT2D eigenvalue weighted by Crippen LogP contribution is 2.64. The van der Waals surface area contributed by atoms with Crippen LogP contribution in [0.2, 0.25) is 0 Å². The highest BCUT2D eigenvalue weighted by molar-refractivity contribution is 7.13. The Labute approximate surface area is 196 Å². The number of aromatic nitrogens is 2. The van der Waals surface area contributed by atoms with Gasteiger partial charge in [0.25, 0.3) is 0 Å². The summed E-state index contributed by atoms with van der Waals surface area (Å²) in [6.07, 6.45) is -2.41. The average Bonchev–Trinajstić information content (AvgIpc) is 3.07. The zero-order valence-corrected chi connectivity index (χ0v) is 19.0. The number of anilines is 2. The Hall–Kier alpha value is -2.35. The van der Waals surface area contributed by atoms with E-state index in [1.54, 1.807) is 18.2 Å². The Morgan fingerprint density at radius 3 is 2.44 bits per heavy atom. The number of nitrogens with one attached hydrogen (secondary N) is 1. The molecule has 1 unspecified atom stereocenters. The monoisotopic (exact) mass is 493 g/mol. The number of benzene rings is 2. The molecule has 0 saturated heterocycles. The summed E-state index contributed by atoms with van der Waals surface area (Å²) in [5, 5.41) is 4.10. The minimum absolute atomic E-state index is 0.0939. The Balaban J connectivity index is 1.42. The molecule has 4 aromatic rings. The number of fused-ring (bicyclic) bond motifs is 1. The van der Waals surface area contributed by atoms with Crippen molar-refractivity contribution in [3.63, 3.8) is 0 Å². The highest BCUT2D eigenvalue weighted by Gasteiger charge is 2.63.